The van der Waals surface area contributed by atoms with Gasteiger partial charge in [-0.3, -0.25) is 29.7 Å². The van der Waals surface area contributed by atoms with Crippen LogP contribution in [-0.2, 0) is 11.3 Å². The molecule has 1 aliphatic heterocycles. The number of H-pyrrole nitrogens is 1. The van der Waals surface area contributed by atoms with Crippen LogP contribution in [0.4, 0.5) is 14.9 Å². The lowest BCUT2D eigenvalue weighted by Gasteiger charge is -2.11. The van der Waals surface area contributed by atoms with E-state index >= 15 is 0 Å². The number of carbonyl (C=O) groups excluding carboxylic acids is 2. The Balaban J connectivity index is 1.62. The summed E-state index contributed by atoms with van der Waals surface area (Å²) in [6, 6.07) is 10.2. The second-order valence-corrected chi connectivity index (χ2v) is 7.07. The number of nitro groups is 1. The van der Waals surface area contributed by atoms with Gasteiger partial charge in [0.25, 0.3) is 17.2 Å². The molecule has 4 rings (SSSR count). The van der Waals surface area contributed by atoms with Crippen molar-refractivity contribution in [1.82, 2.24) is 20.0 Å². The number of nitrogens with zero attached hydrogens (tertiary/aromatic N) is 3. The summed E-state index contributed by atoms with van der Waals surface area (Å²) in [5.41, 5.74) is 0.640. The number of aromatic amines is 1. The fourth-order valence-corrected chi connectivity index (χ4v) is 3.31. The maximum absolute atomic E-state index is 13.2. The fraction of sp³-hybridized carbons (Fsp3) is 0.0952. The lowest BCUT2D eigenvalue weighted by molar-refractivity contribution is -0.384. The lowest BCUT2D eigenvalue weighted by Crippen LogP contribution is -2.30. The summed E-state index contributed by atoms with van der Waals surface area (Å²) in [6.45, 7) is 1.45. The van der Waals surface area contributed by atoms with Crippen LogP contribution < -0.4 is 10.9 Å². The van der Waals surface area contributed by atoms with Crippen molar-refractivity contribution in [2.75, 3.05) is 0 Å². The van der Waals surface area contributed by atoms with E-state index in [2.05, 4.69) is 10.4 Å². The number of nitrogens with one attached hydrogen (secondary N) is 2. The Labute approximate surface area is 179 Å². The summed E-state index contributed by atoms with van der Waals surface area (Å²) in [6.07, 6.45) is 1.27. The van der Waals surface area contributed by atoms with Crippen molar-refractivity contribution < 1.29 is 18.9 Å². The number of carbonyl (C=O) groups is 2. The minimum atomic E-state index is -0.709. The number of hydrogen-bond acceptors (Lipinski definition) is 5. The first-order chi connectivity index (χ1) is 15.2. The molecular weight excluding hydrogens is 421 g/mol. The molecule has 0 bridgehead atoms. The Hall–Kier alpha value is -4.54. The van der Waals surface area contributed by atoms with Gasteiger partial charge in [0.1, 0.15) is 11.5 Å². The zero-order valence-corrected chi connectivity index (χ0v) is 16.7. The van der Waals surface area contributed by atoms with Gasteiger partial charge in [-0.15, -0.1) is 0 Å². The largest absolute Gasteiger partial charge is 0.329 e. The first kappa shape index (κ1) is 20.7. The van der Waals surface area contributed by atoms with Gasteiger partial charge in [-0.05, 0) is 42.8 Å². The highest BCUT2D eigenvalue weighted by molar-refractivity contribution is 6.13. The molecule has 0 spiro atoms. The van der Waals surface area contributed by atoms with E-state index in [-0.39, 0.29) is 23.5 Å². The van der Waals surface area contributed by atoms with Crippen molar-refractivity contribution in [3.8, 4) is 5.69 Å². The van der Waals surface area contributed by atoms with Crippen LogP contribution >= 0.6 is 0 Å². The first-order valence-electron chi connectivity index (χ1n) is 9.40. The number of aromatic nitrogens is 2. The Morgan fingerprint density at radius 1 is 1.12 bits per heavy atom. The average Bonchev–Trinajstić information content (AvgIpc) is 3.19. The molecule has 0 atom stereocenters. The smallest absolute Gasteiger partial charge is 0.303 e. The van der Waals surface area contributed by atoms with Crippen molar-refractivity contribution in [2.45, 2.75) is 13.5 Å². The number of nitro benzene ring substituents is 1. The van der Waals surface area contributed by atoms with Crippen molar-refractivity contribution in [3.63, 3.8) is 0 Å². The highest BCUT2D eigenvalue weighted by Gasteiger charge is 2.34. The molecule has 3 amide bonds. The van der Waals surface area contributed by atoms with Gasteiger partial charge in [-0.1, -0.05) is 12.1 Å². The van der Waals surface area contributed by atoms with Gasteiger partial charge in [0.15, 0.2) is 0 Å². The molecule has 3 aromatic rings. The van der Waals surface area contributed by atoms with Crippen molar-refractivity contribution in [1.29, 1.82) is 0 Å². The van der Waals surface area contributed by atoms with Crippen LogP contribution in [0.1, 0.15) is 16.8 Å². The second kappa shape index (κ2) is 7.95. The van der Waals surface area contributed by atoms with Crippen LogP contribution in [0.2, 0.25) is 0 Å². The highest BCUT2D eigenvalue weighted by Crippen LogP contribution is 2.20. The van der Waals surface area contributed by atoms with Crippen LogP contribution in [-0.4, -0.2) is 31.5 Å². The van der Waals surface area contributed by atoms with Gasteiger partial charge in [-0.2, -0.15) is 0 Å². The number of rotatable bonds is 5. The summed E-state index contributed by atoms with van der Waals surface area (Å²) < 4.78 is 14.4. The predicted octanol–water partition coefficient (Wildman–Crippen LogP) is 2.61. The van der Waals surface area contributed by atoms with Crippen LogP contribution in [0.25, 0.3) is 11.8 Å². The third-order valence-electron chi connectivity index (χ3n) is 4.91. The second-order valence-electron chi connectivity index (χ2n) is 7.07. The average molecular weight is 437 g/mol. The molecule has 32 heavy (non-hydrogen) atoms. The van der Waals surface area contributed by atoms with Crippen LogP contribution in [0, 0.1) is 22.9 Å². The number of halogens is 1. The van der Waals surface area contributed by atoms with Crippen LogP contribution in [0.3, 0.4) is 0 Å². The van der Waals surface area contributed by atoms with E-state index in [9.17, 15) is 28.9 Å². The fourth-order valence-electron chi connectivity index (χ4n) is 3.31. The van der Waals surface area contributed by atoms with E-state index in [1.807, 2.05) is 0 Å². The number of imide groups is 1. The first-order valence-corrected chi connectivity index (χ1v) is 9.40. The lowest BCUT2D eigenvalue weighted by atomic mass is 10.2. The predicted molar refractivity (Wildman–Crippen MR) is 111 cm³/mol. The minimum absolute atomic E-state index is 0.106. The molecule has 1 fully saturated rings. The van der Waals surface area contributed by atoms with Gasteiger partial charge in [0, 0.05) is 17.8 Å². The minimum Gasteiger partial charge on any atom is -0.303 e. The number of benzene rings is 2. The van der Waals surface area contributed by atoms with Gasteiger partial charge in [0.05, 0.1) is 22.7 Å². The zero-order valence-electron chi connectivity index (χ0n) is 16.7. The molecule has 0 saturated carbocycles. The Kier molecular flexibility index (Phi) is 5.15. The molecule has 2 heterocycles. The van der Waals surface area contributed by atoms with Crippen LogP contribution in [0.5, 0.6) is 0 Å². The number of aryl methyl sites for hydroxylation is 1. The third kappa shape index (κ3) is 3.78. The van der Waals surface area contributed by atoms with Gasteiger partial charge < -0.3 is 5.32 Å². The number of non-ortho nitro benzene ring substituents is 1. The summed E-state index contributed by atoms with van der Waals surface area (Å²) in [5, 5.41) is 16.2. The van der Waals surface area contributed by atoms with E-state index < -0.39 is 28.2 Å². The van der Waals surface area contributed by atoms with Crippen molar-refractivity contribution in [2.24, 2.45) is 0 Å². The zero-order chi connectivity index (χ0) is 23.0. The molecule has 2 aromatic carbocycles. The normalized spacial score (nSPS) is 14.8. The molecular formula is C21H16FN5O5. The molecule has 1 aromatic heterocycles. The number of amides is 3. The van der Waals surface area contributed by atoms with E-state index in [0.717, 1.165) is 4.90 Å². The highest BCUT2D eigenvalue weighted by atomic mass is 19.1. The monoisotopic (exact) mass is 437 g/mol. The van der Waals surface area contributed by atoms with Gasteiger partial charge in [0.2, 0.25) is 0 Å². The molecule has 0 unspecified atom stereocenters. The standard InChI is InChI=1S/C21H16FN5O5/c1-12-17(19(28)26(24-12)15-7-5-14(22)6-8-15)10-18-20(29)25(21(30)23-18)11-13-3-2-4-16(9-13)27(31)32/h2-10,24H,11H2,1H3,(H,23,30). The van der Waals surface area contributed by atoms with Gasteiger partial charge in [-0.25, -0.2) is 13.9 Å². The molecule has 10 nitrogen and oxygen atoms in total. The Morgan fingerprint density at radius 3 is 2.53 bits per heavy atom. The topological polar surface area (TPSA) is 130 Å². The SMILES string of the molecule is Cc1[nH]n(-c2ccc(F)cc2)c(=O)c1C=C1NC(=O)N(Cc2cccc([N+](=O)[O-])c2)C1=O. The van der Waals surface area contributed by atoms with Crippen molar-refractivity contribution in [3.05, 3.63) is 97.3 Å². The summed E-state index contributed by atoms with van der Waals surface area (Å²) in [4.78, 5) is 49.2. The molecule has 2 N–H and O–H groups in total. The Bertz CT molecular complexity index is 1340. The maximum Gasteiger partial charge on any atom is 0.329 e. The number of hydrogen-bond donors (Lipinski definition) is 2. The summed E-state index contributed by atoms with van der Waals surface area (Å²) >= 11 is 0. The maximum atomic E-state index is 13.2. The van der Waals surface area contributed by atoms with E-state index in [0.29, 0.717) is 16.9 Å². The quantitative estimate of drug-likeness (QED) is 0.274. The van der Waals surface area contributed by atoms with E-state index in [4.69, 9.17) is 0 Å². The third-order valence-corrected chi connectivity index (χ3v) is 4.91. The summed E-state index contributed by atoms with van der Waals surface area (Å²) in [5.74, 6) is -1.12. The molecule has 162 valence electrons. The molecule has 0 aliphatic carbocycles. The van der Waals surface area contributed by atoms with Crippen LogP contribution in [0.15, 0.2) is 59.0 Å². The van der Waals surface area contributed by atoms with Gasteiger partial charge >= 0.3 is 6.03 Å². The Morgan fingerprint density at radius 2 is 1.84 bits per heavy atom. The van der Waals surface area contributed by atoms with E-state index in [1.165, 1.54) is 53.2 Å². The molecule has 1 saturated heterocycles. The molecule has 1 aliphatic rings. The molecule has 0 radical (unpaired) electrons. The van der Waals surface area contributed by atoms with E-state index in [1.54, 1.807) is 13.0 Å². The summed E-state index contributed by atoms with van der Waals surface area (Å²) in [7, 11) is 0. The van der Waals surface area contributed by atoms with Crippen molar-refractivity contribution >= 4 is 23.7 Å². The molecule has 11 heteroatoms. The number of urea groups is 1.